The first-order chi connectivity index (χ1) is 16.1. The number of benzene rings is 2. The Hall–Kier alpha value is -3.74. The first-order valence-corrected chi connectivity index (χ1v) is 11.4. The number of carbonyl (C=O) groups excluding carboxylic acids is 1. The summed E-state index contributed by atoms with van der Waals surface area (Å²) in [5.74, 6) is 0.821. The molecule has 1 fully saturated rings. The third kappa shape index (κ3) is 6.16. The minimum atomic E-state index is -0.268. The molecule has 0 radical (unpaired) electrons. The van der Waals surface area contributed by atoms with Crippen molar-refractivity contribution in [1.82, 2.24) is 10.6 Å². The van der Waals surface area contributed by atoms with Gasteiger partial charge in [0.1, 0.15) is 0 Å². The Balaban J connectivity index is 1.35. The van der Waals surface area contributed by atoms with Crippen LogP contribution in [0.5, 0.6) is 0 Å². The van der Waals surface area contributed by atoms with Crippen molar-refractivity contribution >= 4 is 23.2 Å². The second kappa shape index (κ2) is 10.7. The number of aryl methyl sites for hydroxylation is 1. The van der Waals surface area contributed by atoms with E-state index in [9.17, 15) is 4.79 Å². The maximum absolute atomic E-state index is 12.2. The molecule has 1 saturated heterocycles. The van der Waals surface area contributed by atoms with Crippen LogP contribution in [0.25, 0.3) is 0 Å². The number of hydrogen-bond donors (Lipinski definition) is 3. The Morgan fingerprint density at radius 1 is 1.15 bits per heavy atom. The molecular formula is C26H31N5O2. The standard InChI is InChI=1S/C26H31N5O2/c1-3-27-26(30-22-13-14-31(18-22)23-11-9-19(2)10-12-23)28-17-20-6-4-7-21(16-20)29-25(32)24-8-5-15-33-24/h4-12,15-16,22H,3,13-14,17-18H2,1-2H3,(H,29,32)(H2,27,28,30). The molecule has 3 N–H and O–H groups in total. The molecule has 4 rings (SSSR count). The van der Waals surface area contributed by atoms with Crippen LogP contribution in [-0.2, 0) is 6.54 Å². The summed E-state index contributed by atoms with van der Waals surface area (Å²) < 4.78 is 5.15. The van der Waals surface area contributed by atoms with E-state index < -0.39 is 0 Å². The van der Waals surface area contributed by atoms with E-state index >= 15 is 0 Å². The van der Waals surface area contributed by atoms with Crippen LogP contribution in [-0.4, -0.2) is 37.5 Å². The van der Waals surface area contributed by atoms with Crippen LogP contribution in [0.4, 0.5) is 11.4 Å². The number of aliphatic imine (C=N–C) groups is 1. The summed E-state index contributed by atoms with van der Waals surface area (Å²) in [6.45, 7) is 7.45. The Morgan fingerprint density at radius 2 is 2.00 bits per heavy atom. The predicted octanol–water partition coefficient (Wildman–Crippen LogP) is 4.17. The summed E-state index contributed by atoms with van der Waals surface area (Å²) >= 11 is 0. The molecule has 1 aromatic heterocycles. The lowest BCUT2D eigenvalue weighted by atomic mass is 10.2. The lowest BCUT2D eigenvalue weighted by Crippen LogP contribution is -2.44. The van der Waals surface area contributed by atoms with Gasteiger partial charge in [-0.1, -0.05) is 29.8 Å². The topological polar surface area (TPSA) is 81.9 Å². The molecule has 1 aliphatic heterocycles. The third-order valence-electron chi connectivity index (χ3n) is 5.62. The van der Waals surface area contributed by atoms with Gasteiger partial charge in [-0.3, -0.25) is 4.79 Å². The van der Waals surface area contributed by atoms with Crippen molar-refractivity contribution < 1.29 is 9.21 Å². The van der Waals surface area contributed by atoms with Crippen molar-refractivity contribution in [2.75, 3.05) is 29.9 Å². The van der Waals surface area contributed by atoms with Gasteiger partial charge < -0.3 is 25.3 Å². The van der Waals surface area contributed by atoms with Crippen LogP contribution in [0.15, 0.2) is 76.3 Å². The molecule has 0 saturated carbocycles. The highest BCUT2D eigenvalue weighted by Gasteiger charge is 2.23. The first-order valence-electron chi connectivity index (χ1n) is 11.4. The number of hydrogen-bond acceptors (Lipinski definition) is 4. The fourth-order valence-electron chi connectivity index (χ4n) is 3.90. The fraction of sp³-hybridized carbons (Fsp3) is 0.308. The molecule has 172 valence electrons. The summed E-state index contributed by atoms with van der Waals surface area (Å²) in [4.78, 5) is 19.4. The van der Waals surface area contributed by atoms with E-state index in [1.165, 1.54) is 17.5 Å². The van der Waals surface area contributed by atoms with Crippen molar-refractivity contribution in [2.24, 2.45) is 4.99 Å². The highest BCUT2D eigenvalue weighted by atomic mass is 16.3. The van der Waals surface area contributed by atoms with Gasteiger partial charge in [-0.25, -0.2) is 4.99 Å². The van der Waals surface area contributed by atoms with E-state index in [1.54, 1.807) is 12.1 Å². The quantitative estimate of drug-likeness (QED) is 0.376. The van der Waals surface area contributed by atoms with Gasteiger partial charge in [0.15, 0.2) is 11.7 Å². The van der Waals surface area contributed by atoms with Crippen LogP contribution in [0.2, 0.25) is 0 Å². The molecule has 0 aliphatic carbocycles. The Morgan fingerprint density at radius 3 is 2.76 bits per heavy atom. The molecule has 1 atom stereocenters. The zero-order valence-electron chi connectivity index (χ0n) is 19.2. The average Bonchev–Trinajstić information content (AvgIpc) is 3.51. The zero-order chi connectivity index (χ0) is 23.0. The van der Waals surface area contributed by atoms with E-state index in [2.05, 4.69) is 59.0 Å². The largest absolute Gasteiger partial charge is 0.459 e. The molecule has 1 aliphatic rings. The Bertz CT molecular complexity index is 1080. The van der Waals surface area contributed by atoms with Gasteiger partial charge in [-0.2, -0.15) is 0 Å². The van der Waals surface area contributed by atoms with Crippen molar-refractivity contribution in [3.05, 3.63) is 83.8 Å². The molecule has 2 aromatic carbocycles. The Labute approximate surface area is 194 Å². The summed E-state index contributed by atoms with van der Waals surface area (Å²) in [5.41, 5.74) is 4.27. The van der Waals surface area contributed by atoms with Gasteiger partial charge in [-0.15, -0.1) is 0 Å². The summed E-state index contributed by atoms with van der Waals surface area (Å²) in [5, 5.41) is 9.79. The average molecular weight is 446 g/mol. The molecule has 3 aromatic rings. The van der Waals surface area contributed by atoms with Crippen molar-refractivity contribution in [1.29, 1.82) is 0 Å². The van der Waals surface area contributed by atoms with Gasteiger partial charge in [0.2, 0.25) is 0 Å². The molecule has 2 heterocycles. The number of furan rings is 1. The van der Waals surface area contributed by atoms with Crippen LogP contribution >= 0.6 is 0 Å². The third-order valence-corrected chi connectivity index (χ3v) is 5.62. The number of rotatable bonds is 7. The molecule has 1 unspecified atom stereocenters. The summed E-state index contributed by atoms with van der Waals surface area (Å²) in [6, 6.07) is 20.1. The number of amides is 1. The van der Waals surface area contributed by atoms with Gasteiger partial charge in [0.25, 0.3) is 5.91 Å². The van der Waals surface area contributed by atoms with Crippen molar-refractivity contribution in [3.63, 3.8) is 0 Å². The van der Waals surface area contributed by atoms with Crippen LogP contribution in [0.3, 0.4) is 0 Å². The predicted molar refractivity (Wildman–Crippen MR) is 133 cm³/mol. The van der Waals surface area contributed by atoms with E-state index in [1.807, 2.05) is 24.3 Å². The molecule has 0 spiro atoms. The maximum atomic E-state index is 12.2. The smallest absolute Gasteiger partial charge is 0.291 e. The van der Waals surface area contributed by atoms with E-state index in [4.69, 9.17) is 9.41 Å². The molecular weight excluding hydrogens is 414 g/mol. The second-order valence-electron chi connectivity index (χ2n) is 8.24. The van der Waals surface area contributed by atoms with Crippen LogP contribution in [0.1, 0.15) is 35.0 Å². The van der Waals surface area contributed by atoms with Gasteiger partial charge in [-0.05, 0) is 62.2 Å². The molecule has 0 bridgehead atoms. The van der Waals surface area contributed by atoms with Gasteiger partial charge in [0, 0.05) is 37.1 Å². The molecule has 7 nitrogen and oxygen atoms in total. The molecule has 33 heavy (non-hydrogen) atoms. The second-order valence-corrected chi connectivity index (χ2v) is 8.24. The van der Waals surface area contributed by atoms with Crippen LogP contribution < -0.4 is 20.9 Å². The minimum Gasteiger partial charge on any atom is -0.459 e. The van der Waals surface area contributed by atoms with Crippen molar-refractivity contribution in [2.45, 2.75) is 32.9 Å². The van der Waals surface area contributed by atoms with Crippen LogP contribution in [0, 0.1) is 6.92 Å². The number of nitrogens with one attached hydrogen (secondary N) is 3. The van der Waals surface area contributed by atoms with E-state index in [0.717, 1.165) is 37.6 Å². The monoisotopic (exact) mass is 445 g/mol. The maximum Gasteiger partial charge on any atom is 0.291 e. The molecule has 7 heteroatoms. The van der Waals surface area contributed by atoms with Gasteiger partial charge in [0.05, 0.1) is 12.8 Å². The number of anilines is 2. The lowest BCUT2D eigenvalue weighted by molar-refractivity contribution is 0.0996. The minimum absolute atomic E-state index is 0.268. The van der Waals surface area contributed by atoms with Gasteiger partial charge >= 0.3 is 0 Å². The zero-order valence-corrected chi connectivity index (χ0v) is 19.2. The van der Waals surface area contributed by atoms with Crippen molar-refractivity contribution in [3.8, 4) is 0 Å². The number of nitrogens with zero attached hydrogens (tertiary/aromatic N) is 2. The highest BCUT2D eigenvalue weighted by molar-refractivity contribution is 6.02. The highest BCUT2D eigenvalue weighted by Crippen LogP contribution is 2.21. The SMILES string of the molecule is CCNC(=NCc1cccc(NC(=O)c2ccco2)c1)NC1CCN(c2ccc(C)cc2)C1. The normalized spacial score (nSPS) is 16.0. The van der Waals surface area contributed by atoms with E-state index in [-0.39, 0.29) is 11.7 Å². The Kier molecular flexibility index (Phi) is 7.29. The fourth-order valence-corrected chi connectivity index (χ4v) is 3.90. The molecule has 1 amide bonds. The van der Waals surface area contributed by atoms with E-state index in [0.29, 0.717) is 18.3 Å². The lowest BCUT2D eigenvalue weighted by Gasteiger charge is -2.20. The summed E-state index contributed by atoms with van der Waals surface area (Å²) in [7, 11) is 0. The number of guanidine groups is 1. The number of carbonyl (C=O) groups is 1. The summed E-state index contributed by atoms with van der Waals surface area (Å²) in [6.07, 6.45) is 2.55. The first kappa shape index (κ1) is 22.5.